The van der Waals surface area contributed by atoms with Crippen LogP contribution >= 0.6 is 0 Å². The van der Waals surface area contributed by atoms with Crippen molar-refractivity contribution < 1.29 is 4.74 Å². The van der Waals surface area contributed by atoms with Crippen LogP contribution in [0.3, 0.4) is 0 Å². The average molecular weight is 362 g/mol. The number of ether oxygens (including phenoxy) is 1. The van der Waals surface area contributed by atoms with Gasteiger partial charge in [0.05, 0.1) is 7.11 Å². The highest BCUT2D eigenvalue weighted by molar-refractivity contribution is 5.61. The fourth-order valence-corrected chi connectivity index (χ4v) is 3.00. The number of rotatable bonds is 8. The van der Waals surface area contributed by atoms with Crippen LogP contribution in [0.15, 0.2) is 60.8 Å². The Hall–Kier alpha value is -3.08. The molecule has 1 N–H and O–H groups in total. The number of anilines is 3. The van der Waals surface area contributed by atoms with Crippen molar-refractivity contribution in [3.05, 3.63) is 71.9 Å². The van der Waals surface area contributed by atoms with Crippen molar-refractivity contribution >= 4 is 17.5 Å². The molecular formula is C22H26N4O. The first-order valence-electron chi connectivity index (χ1n) is 9.23. The number of aryl methyl sites for hydroxylation is 1. The zero-order valence-electron chi connectivity index (χ0n) is 16.1. The maximum atomic E-state index is 5.27. The van der Waals surface area contributed by atoms with Gasteiger partial charge in [-0.05, 0) is 61.7 Å². The SMILES string of the molecule is CCN(c1cccc(C)c1)c1ccnc(NCCc2cccc(OC)c2)n1. The molecule has 0 spiro atoms. The number of nitrogens with one attached hydrogen (secondary N) is 1. The van der Waals surface area contributed by atoms with Crippen LogP contribution in [0.4, 0.5) is 17.5 Å². The molecule has 0 atom stereocenters. The lowest BCUT2D eigenvalue weighted by Crippen LogP contribution is -2.18. The molecule has 0 amide bonds. The van der Waals surface area contributed by atoms with Gasteiger partial charge in [0.1, 0.15) is 11.6 Å². The van der Waals surface area contributed by atoms with Gasteiger partial charge in [-0.25, -0.2) is 4.98 Å². The van der Waals surface area contributed by atoms with E-state index in [0.29, 0.717) is 5.95 Å². The third kappa shape index (κ3) is 4.97. The number of hydrogen-bond acceptors (Lipinski definition) is 5. The van der Waals surface area contributed by atoms with E-state index in [1.807, 2.05) is 18.2 Å². The van der Waals surface area contributed by atoms with Crippen molar-refractivity contribution in [1.29, 1.82) is 0 Å². The summed E-state index contributed by atoms with van der Waals surface area (Å²) >= 11 is 0. The molecule has 0 aliphatic heterocycles. The van der Waals surface area contributed by atoms with Gasteiger partial charge in [0.2, 0.25) is 5.95 Å². The van der Waals surface area contributed by atoms with Gasteiger partial charge in [-0.3, -0.25) is 0 Å². The van der Waals surface area contributed by atoms with Gasteiger partial charge in [0.15, 0.2) is 0 Å². The zero-order valence-corrected chi connectivity index (χ0v) is 16.1. The summed E-state index contributed by atoms with van der Waals surface area (Å²) in [5, 5.41) is 3.32. The van der Waals surface area contributed by atoms with Crippen LogP contribution in [-0.4, -0.2) is 30.2 Å². The molecule has 2 aromatic carbocycles. The summed E-state index contributed by atoms with van der Waals surface area (Å²) in [6, 6.07) is 18.5. The van der Waals surface area contributed by atoms with Gasteiger partial charge >= 0.3 is 0 Å². The van der Waals surface area contributed by atoms with E-state index in [4.69, 9.17) is 9.72 Å². The highest BCUT2D eigenvalue weighted by Gasteiger charge is 2.10. The Bertz CT molecular complexity index is 881. The number of benzene rings is 2. The van der Waals surface area contributed by atoms with E-state index in [9.17, 15) is 0 Å². The normalized spacial score (nSPS) is 10.5. The summed E-state index contributed by atoms with van der Waals surface area (Å²) in [5.41, 5.74) is 3.59. The average Bonchev–Trinajstić information content (AvgIpc) is 2.69. The topological polar surface area (TPSA) is 50.3 Å². The fourth-order valence-electron chi connectivity index (χ4n) is 3.00. The molecule has 3 aromatic rings. The first-order chi connectivity index (χ1) is 13.2. The minimum atomic E-state index is 0.640. The lowest BCUT2D eigenvalue weighted by molar-refractivity contribution is 0.414. The first-order valence-corrected chi connectivity index (χ1v) is 9.23. The monoisotopic (exact) mass is 362 g/mol. The molecule has 1 heterocycles. The Kier molecular flexibility index (Phi) is 6.26. The molecule has 1 aromatic heterocycles. The van der Waals surface area contributed by atoms with Crippen molar-refractivity contribution in [1.82, 2.24) is 9.97 Å². The van der Waals surface area contributed by atoms with Gasteiger partial charge in [-0.1, -0.05) is 24.3 Å². The molecule has 5 heteroatoms. The molecule has 0 aliphatic rings. The molecule has 0 saturated carbocycles. The third-order valence-electron chi connectivity index (χ3n) is 4.38. The highest BCUT2D eigenvalue weighted by atomic mass is 16.5. The van der Waals surface area contributed by atoms with Gasteiger partial charge in [-0.2, -0.15) is 4.98 Å². The Morgan fingerprint density at radius 2 is 1.93 bits per heavy atom. The molecule has 0 unspecified atom stereocenters. The smallest absolute Gasteiger partial charge is 0.224 e. The summed E-state index contributed by atoms with van der Waals surface area (Å²) < 4.78 is 5.27. The van der Waals surface area contributed by atoms with E-state index in [2.05, 4.69) is 65.4 Å². The van der Waals surface area contributed by atoms with E-state index >= 15 is 0 Å². The molecule has 5 nitrogen and oxygen atoms in total. The number of nitrogens with zero attached hydrogens (tertiary/aromatic N) is 3. The summed E-state index contributed by atoms with van der Waals surface area (Å²) in [6.45, 7) is 5.82. The fraction of sp³-hybridized carbons (Fsp3) is 0.273. The molecule has 0 bridgehead atoms. The van der Waals surface area contributed by atoms with Crippen LogP contribution < -0.4 is 15.0 Å². The highest BCUT2D eigenvalue weighted by Crippen LogP contribution is 2.24. The van der Waals surface area contributed by atoms with Crippen molar-refractivity contribution in [2.45, 2.75) is 20.3 Å². The molecule has 3 rings (SSSR count). The lowest BCUT2D eigenvalue weighted by Gasteiger charge is -2.22. The standard InChI is InChI=1S/C22H26N4O/c1-4-26(19-9-5-7-17(2)15-19)21-12-14-24-22(25-21)23-13-11-18-8-6-10-20(16-18)27-3/h5-10,12,14-16H,4,11,13H2,1-3H3,(H,23,24,25). The second-order valence-electron chi connectivity index (χ2n) is 6.35. The van der Waals surface area contributed by atoms with Crippen molar-refractivity contribution in [3.8, 4) is 5.75 Å². The van der Waals surface area contributed by atoms with Crippen molar-refractivity contribution in [3.63, 3.8) is 0 Å². The largest absolute Gasteiger partial charge is 0.497 e. The Balaban J connectivity index is 1.67. The number of methoxy groups -OCH3 is 1. The number of aromatic nitrogens is 2. The van der Waals surface area contributed by atoms with E-state index < -0.39 is 0 Å². The summed E-state index contributed by atoms with van der Waals surface area (Å²) in [6.07, 6.45) is 2.68. The van der Waals surface area contributed by atoms with Crippen LogP contribution in [0.5, 0.6) is 5.75 Å². The summed E-state index contributed by atoms with van der Waals surface area (Å²) in [5.74, 6) is 2.41. The van der Waals surface area contributed by atoms with Gasteiger partial charge in [0, 0.05) is 25.0 Å². The van der Waals surface area contributed by atoms with Crippen LogP contribution in [0.25, 0.3) is 0 Å². The Morgan fingerprint density at radius 1 is 1.07 bits per heavy atom. The van der Waals surface area contributed by atoms with Crippen LogP contribution in [0.1, 0.15) is 18.1 Å². The molecule has 140 valence electrons. The van der Waals surface area contributed by atoms with Crippen LogP contribution in [0, 0.1) is 6.92 Å². The van der Waals surface area contributed by atoms with E-state index in [1.54, 1.807) is 13.3 Å². The molecule has 0 saturated heterocycles. The lowest BCUT2D eigenvalue weighted by atomic mass is 10.1. The predicted octanol–water partition coefficient (Wildman–Crippen LogP) is 4.61. The molecule has 0 radical (unpaired) electrons. The second-order valence-corrected chi connectivity index (χ2v) is 6.35. The van der Waals surface area contributed by atoms with Gasteiger partial charge in [-0.15, -0.1) is 0 Å². The summed E-state index contributed by atoms with van der Waals surface area (Å²) in [7, 11) is 1.68. The van der Waals surface area contributed by atoms with E-state index in [0.717, 1.165) is 36.8 Å². The molecule has 0 aliphatic carbocycles. The first kappa shape index (κ1) is 18.7. The second kappa shape index (κ2) is 9.03. The molecule has 0 fully saturated rings. The quantitative estimate of drug-likeness (QED) is 0.634. The molecular weight excluding hydrogens is 336 g/mol. The van der Waals surface area contributed by atoms with Crippen molar-refractivity contribution in [2.24, 2.45) is 0 Å². The third-order valence-corrected chi connectivity index (χ3v) is 4.38. The molecule has 27 heavy (non-hydrogen) atoms. The van der Waals surface area contributed by atoms with Gasteiger partial charge in [0.25, 0.3) is 0 Å². The predicted molar refractivity (Wildman–Crippen MR) is 111 cm³/mol. The van der Waals surface area contributed by atoms with Gasteiger partial charge < -0.3 is 15.0 Å². The van der Waals surface area contributed by atoms with Crippen LogP contribution in [-0.2, 0) is 6.42 Å². The number of hydrogen-bond donors (Lipinski definition) is 1. The van der Waals surface area contributed by atoms with E-state index in [-0.39, 0.29) is 0 Å². The maximum absolute atomic E-state index is 5.27. The Morgan fingerprint density at radius 3 is 2.70 bits per heavy atom. The van der Waals surface area contributed by atoms with Crippen molar-refractivity contribution in [2.75, 3.05) is 30.4 Å². The Labute approximate surface area is 161 Å². The van der Waals surface area contributed by atoms with E-state index in [1.165, 1.54) is 11.1 Å². The summed E-state index contributed by atoms with van der Waals surface area (Å²) in [4.78, 5) is 11.2. The zero-order chi connectivity index (χ0) is 19.1. The minimum absolute atomic E-state index is 0.640. The maximum Gasteiger partial charge on any atom is 0.224 e. The van der Waals surface area contributed by atoms with Crippen LogP contribution in [0.2, 0.25) is 0 Å². The minimum Gasteiger partial charge on any atom is -0.497 e.